The van der Waals surface area contributed by atoms with Crippen molar-refractivity contribution in [2.75, 3.05) is 19.7 Å². The Morgan fingerprint density at radius 3 is 2.52 bits per heavy atom. The van der Waals surface area contributed by atoms with Crippen LogP contribution in [0.5, 0.6) is 11.5 Å². The van der Waals surface area contributed by atoms with Crippen LogP contribution in [-0.4, -0.2) is 49.3 Å². The molecule has 0 radical (unpaired) electrons. The van der Waals surface area contributed by atoms with Crippen LogP contribution >= 0.6 is 11.3 Å². The van der Waals surface area contributed by atoms with Crippen molar-refractivity contribution in [3.05, 3.63) is 58.9 Å². The molecule has 2 aliphatic rings. The van der Waals surface area contributed by atoms with Gasteiger partial charge in [-0.25, -0.2) is 13.4 Å². The van der Waals surface area contributed by atoms with Crippen molar-refractivity contribution in [3.63, 3.8) is 0 Å². The van der Waals surface area contributed by atoms with E-state index in [9.17, 15) is 13.2 Å². The number of sulfonamides is 1. The molecule has 1 saturated heterocycles. The molecule has 0 amide bonds. The van der Waals surface area contributed by atoms with E-state index in [1.54, 1.807) is 34.6 Å². The largest absolute Gasteiger partial charge is 0.485 e. The Kier molecular flexibility index (Phi) is 6.18. The number of hydrogen-bond donors (Lipinski definition) is 0. The van der Waals surface area contributed by atoms with E-state index in [0.29, 0.717) is 34.5 Å². The fourth-order valence-corrected chi connectivity index (χ4v) is 6.35. The highest BCUT2D eigenvalue weighted by molar-refractivity contribution is 7.89. The summed E-state index contributed by atoms with van der Waals surface area (Å²) in [5.41, 5.74) is 1.53. The van der Waals surface area contributed by atoms with Crippen molar-refractivity contribution in [3.8, 4) is 22.8 Å². The number of benzene rings is 2. The number of fused-ring (bicyclic) bond motifs is 1. The van der Waals surface area contributed by atoms with Crippen LogP contribution in [0.25, 0.3) is 11.3 Å². The molecule has 3 heterocycles. The molecule has 0 bridgehead atoms. The number of nitrogens with zero attached hydrogens (tertiary/aromatic N) is 2. The molecule has 1 fully saturated rings. The summed E-state index contributed by atoms with van der Waals surface area (Å²) >= 11 is 1.40. The summed E-state index contributed by atoms with van der Waals surface area (Å²) in [5.74, 6) is 1.12. The number of ether oxygens (including phenoxy) is 2. The molecule has 3 aromatic rings. The average Bonchev–Trinajstić information content (AvgIpc) is 3.33. The summed E-state index contributed by atoms with van der Waals surface area (Å²) in [5, 5.41) is 2.56. The van der Waals surface area contributed by atoms with Gasteiger partial charge in [0.25, 0.3) is 0 Å². The highest BCUT2D eigenvalue weighted by Crippen LogP contribution is 2.32. The first kappa shape index (κ1) is 22.1. The van der Waals surface area contributed by atoms with Crippen molar-refractivity contribution >= 4 is 27.1 Å². The molecule has 9 heteroatoms. The Morgan fingerprint density at radius 2 is 1.76 bits per heavy atom. The molecular weight excluding hydrogens is 460 g/mol. The van der Waals surface area contributed by atoms with Gasteiger partial charge in [0, 0.05) is 24.0 Å². The van der Waals surface area contributed by atoms with Gasteiger partial charge in [0.2, 0.25) is 10.0 Å². The van der Waals surface area contributed by atoms with Crippen molar-refractivity contribution < 1.29 is 22.7 Å². The summed E-state index contributed by atoms with van der Waals surface area (Å²) in [6, 6.07) is 14.1. The van der Waals surface area contributed by atoms with Gasteiger partial charge in [-0.15, -0.1) is 11.3 Å². The maximum Gasteiger partial charge on any atom is 0.243 e. The normalized spacial score (nSPS) is 18.7. The lowest BCUT2D eigenvalue weighted by Crippen LogP contribution is -2.37. The van der Waals surface area contributed by atoms with E-state index >= 15 is 0 Å². The van der Waals surface area contributed by atoms with Gasteiger partial charge in [0.05, 0.1) is 17.0 Å². The number of carbonyl (C=O) groups excluding carboxylic acids is 1. The number of ketones is 1. The molecule has 1 atom stereocenters. The zero-order valence-corrected chi connectivity index (χ0v) is 19.6. The fourth-order valence-electron chi connectivity index (χ4n) is 4.02. The second-order valence-electron chi connectivity index (χ2n) is 8.12. The summed E-state index contributed by atoms with van der Waals surface area (Å²) in [6.07, 6.45) is 2.38. The van der Waals surface area contributed by atoms with Crippen LogP contribution in [0.1, 0.15) is 24.3 Å². The second kappa shape index (κ2) is 9.24. The lowest BCUT2D eigenvalue weighted by atomic mass is 10.1. The first-order chi connectivity index (χ1) is 16.0. The third-order valence-electron chi connectivity index (χ3n) is 5.85. The van der Waals surface area contributed by atoms with E-state index in [4.69, 9.17) is 9.47 Å². The zero-order valence-electron chi connectivity index (χ0n) is 18.0. The first-order valence-corrected chi connectivity index (χ1v) is 13.3. The number of carbonyl (C=O) groups is 1. The molecule has 7 nitrogen and oxygen atoms in total. The highest BCUT2D eigenvalue weighted by Gasteiger charge is 2.28. The van der Waals surface area contributed by atoms with E-state index in [1.807, 2.05) is 23.6 Å². The Balaban J connectivity index is 1.25. The van der Waals surface area contributed by atoms with Crippen LogP contribution < -0.4 is 9.47 Å². The molecule has 0 spiro atoms. The molecule has 0 aliphatic carbocycles. The second-order valence-corrected chi connectivity index (χ2v) is 11.0. The van der Waals surface area contributed by atoms with Crippen molar-refractivity contribution in [2.24, 2.45) is 0 Å². The van der Waals surface area contributed by atoms with Gasteiger partial charge in [-0.1, -0.05) is 30.7 Å². The van der Waals surface area contributed by atoms with Crippen LogP contribution in [0, 0.1) is 0 Å². The quantitative estimate of drug-likeness (QED) is 0.527. The molecule has 33 heavy (non-hydrogen) atoms. The van der Waals surface area contributed by atoms with Crippen LogP contribution in [0.3, 0.4) is 0 Å². The Labute approximate surface area is 197 Å². The fraction of sp³-hybridized carbons (Fsp3) is 0.333. The van der Waals surface area contributed by atoms with Crippen molar-refractivity contribution in [1.29, 1.82) is 0 Å². The van der Waals surface area contributed by atoms with Crippen LogP contribution in [0.4, 0.5) is 0 Å². The summed E-state index contributed by atoms with van der Waals surface area (Å²) in [6.45, 7) is 1.34. The van der Waals surface area contributed by atoms with Gasteiger partial charge < -0.3 is 9.47 Å². The van der Waals surface area contributed by atoms with Gasteiger partial charge in [-0.05, 0) is 37.1 Å². The van der Waals surface area contributed by atoms with Crippen molar-refractivity contribution in [2.45, 2.75) is 36.7 Å². The predicted octanol–water partition coefficient (Wildman–Crippen LogP) is 3.94. The Hall–Kier alpha value is -2.75. The molecule has 2 aliphatic heterocycles. The molecular formula is C24H24N2O5S2. The monoisotopic (exact) mass is 484 g/mol. The minimum Gasteiger partial charge on any atom is -0.485 e. The Bertz CT molecular complexity index is 1250. The third-order valence-corrected chi connectivity index (χ3v) is 8.61. The number of hydrogen-bond acceptors (Lipinski definition) is 7. The van der Waals surface area contributed by atoms with Gasteiger partial charge in [-0.2, -0.15) is 4.31 Å². The van der Waals surface area contributed by atoms with Gasteiger partial charge in [0.1, 0.15) is 11.6 Å². The molecule has 172 valence electrons. The number of para-hydroxylation sites is 2. The maximum atomic E-state index is 12.8. The number of piperidine rings is 1. The summed E-state index contributed by atoms with van der Waals surface area (Å²) < 4.78 is 38.7. The van der Waals surface area contributed by atoms with Gasteiger partial charge in [-0.3, -0.25) is 4.79 Å². The standard InChI is InChI=1S/C24H24N2O5S2/c27-20(23-15-30-21-6-2-3-7-22(21)31-23)14-24-25-19(16-32-24)17-8-10-18(11-9-17)33(28,29)26-12-4-1-5-13-26/h2-3,6-11,16,23H,1,4-5,12-15H2. The number of rotatable bonds is 6. The van der Waals surface area contributed by atoms with Crippen LogP contribution in [0.2, 0.25) is 0 Å². The van der Waals surface area contributed by atoms with E-state index in [-0.39, 0.29) is 18.8 Å². The zero-order chi connectivity index (χ0) is 22.8. The highest BCUT2D eigenvalue weighted by atomic mass is 32.2. The molecule has 1 aromatic heterocycles. The minimum atomic E-state index is -3.46. The maximum absolute atomic E-state index is 12.8. The van der Waals surface area contributed by atoms with Gasteiger partial charge in [0.15, 0.2) is 23.4 Å². The summed E-state index contributed by atoms with van der Waals surface area (Å²) in [7, 11) is -3.46. The van der Waals surface area contributed by atoms with E-state index < -0.39 is 16.1 Å². The first-order valence-electron chi connectivity index (χ1n) is 11.0. The Morgan fingerprint density at radius 1 is 1.03 bits per heavy atom. The van der Waals surface area contributed by atoms with Crippen LogP contribution in [-0.2, 0) is 21.2 Å². The topological polar surface area (TPSA) is 85.8 Å². The van der Waals surface area contributed by atoms with E-state index in [0.717, 1.165) is 30.5 Å². The van der Waals surface area contributed by atoms with Gasteiger partial charge >= 0.3 is 0 Å². The number of Topliss-reactive ketones (excluding diaryl/α,β-unsaturated/α-hetero) is 1. The van der Waals surface area contributed by atoms with E-state index in [2.05, 4.69) is 4.98 Å². The SMILES string of the molecule is O=C(Cc1nc(-c2ccc(S(=O)(=O)N3CCCCC3)cc2)cs1)C1COc2ccccc2O1. The molecule has 2 aromatic carbocycles. The van der Waals surface area contributed by atoms with E-state index in [1.165, 1.54) is 11.3 Å². The number of aromatic nitrogens is 1. The lowest BCUT2D eigenvalue weighted by Gasteiger charge is -2.25. The average molecular weight is 485 g/mol. The summed E-state index contributed by atoms with van der Waals surface area (Å²) in [4.78, 5) is 17.6. The molecule has 0 N–H and O–H groups in total. The molecule has 0 saturated carbocycles. The predicted molar refractivity (Wildman–Crippen MR) is 125 cm³/mol. The van der Waals surface area contributed by atoms with Crippen LogP contribution in [0.15, 0.2) is 58.8 Å². The minimum absolute atomic E-state index is 0.0895. The third kappa shape index (κ3) is 4.66. The smallest absolute Gasteiger partial charge is 0.243 e. The molecule has 1 unspecified atom stereocenters. The number of thiazole rings is 1. The lowest BCUT2D eigenvalue weighted by molar-refractivity contribution is -0.127. The van der Waals surface area contributed by atoms with Crippen molar-refractivity contribution in [1.82, 2.24) is 9.29 Å². The molecule has 5 rings (SSSR count).